The standard InChI is InChI=1S/C9H16N4O/c1-2-5-13-6-8(12-7-13)3-4-11-9(10)14/h6-7H,2-5H2,1H3,(H3,10,11,14). The summed E-state index contributed by atoms with van der Waals surface area (Å²) in [5.41, 5.74) is 5.91. The number of imidazole rings is 1. The molecule has 0 spiro atoms. The van der Waals surface area contributed by atoms with Gasteiger partial charge in [0.05, 0.1) is 12.0 Å². The first-order valence-corrected chi connectivity index (χ1v) is 4.76. The van der Waals surface area contributed by atoms with Crippen LogP contribution in [0.5, 0.6) is 0 Å². The van der Waals surface area contributed by atoms with Crippen LogP contribution in [0.2, 0.25) is 0 Å². The minimum atomic E-state index is -0.488. The second-order valence-electron chi connectivity index (χ2n) is 3.14. The average molecular weight is 196 g/mol. The summed E-state index contributed by atoms with van der Waals surface area (Å²) in [6.45, 7) is 3.64. The number of rotatable bonds is 5. The molecule has 5 heteroatoms. The lowest BCUT2D eigenvalue weighted by Gasteiger charge is -1.98. The summed E-state index contributed by atoms with van der Waals surface area (Å²) in [5, 5.41) is 2.52. The zero-order valence-corrected chi connectivity index (χ0v) is 8.36. The van der Waals surface area contributed by atoms with Crippen LogP contribution in [0.1, 0.15) is 19.0 Å². The van der Waals surface area contributed by atoms with E-state index in [1.165, 1.54) is 0 Å². The zero-order valence-electron chi connectivity index (χ0n) is 8.36. The molecule has 3 N–H and O–H groups in total. The summed E-state index contributed by atoms with van der Waals surface area (Å²) >= 11 is 0. The lowest BCUT2D eigenvalue weighted by atomic mass is 10.3. The Kier molecular flexibility index (Phi) is 3.97. The van der Waals surface area contributed by atoms with Crippen LogP contribution in [-0.2, 0) is 13.0 Å². The third-order valence-electron chi connectivity index (χ3n) is 1.85. The number of urea groups is 1. The second kappa shape index (κ2) is 5.26. The number of aromatic nitrogens is 2. The van der Waals surface area contributed by atoms with Gasteiger partial charge in [-0.05, 0) is 6.42 Å². The van der Waals surface area contributed by atoms with Crippen LogP contribution in [0.3, 0.4) is 0 Å². The van der Waals surface area contributed by atoms with Crippen molar-refractivity contribution < 1.29 is 4.79 Å². The summed E-state index contributed by atoms with van der Waals surface area (Å²) in [5.74, 6) is 0. The molecule has 5 nitrogen and oxygen atoms in total. The Hall–Kier alpha value is -1.52. The molecule has 2 amide bonds. The number of hydrogen-bond donors (Lipinski definition) is 2. The van der Waals surface area contributed by atoms with Crippen LogP contribution in [0.4, 0.5) is 4.79 Å². The van der Waals surface area contributed by atoms with E-state index in [4.69, 9.17) is 5.73 Å². The summed E-state index contributed by atoms with van der Waals surface area (Å²) in [6.07, 6.45) is 5.62. The number of hydrogen-bond acceptors (Lipinski definition) is 2. The monoisotopic (exact) mass is 196 g/mol. The number of nitrogens with two attached hydrogens (primary N) is 1. The Morgan fingerprint density at radius 3 is 3.14 bits per heavy atom. The largest absolute Gasteiger partial charge is 0.352 e. The molecular weight excluding hydrogens is 180 g/mol. The van der Waals surface area contributed by atoms with E-state index in [9.17, 15) is 4.79 Å². The normalized spacial score (nSPS) is 10.1. The highest BCUT2D eigenvalue weighted by molar-refractivity contribution is 5.71. The van der Waals surface area contributed by atoms with Gasteiger partial charge >= 0.3 is 6.03 Å². The summed E-state index contributed by atoms with van der Waals surface area (Å²) in [7, 11) is 0. The molecule has 1 rings (SSSR count). The van der Waals surface area contributed by atoms with Crippen molar-refractivity contribution in [2.24, 2.45) is 5.73 Å². The third-order valence-corrected chi connectivity index (χ3v) is 1.85. The topological polar surface area (TPSA) is 72.9 Å². The first-order chi connectivity index (χ1) is 6.72. The van der Waals surface area contributed by atoms with Gasteiger partial charge in [0.25, 0.3) is 0 Å². The van der Waals surface area contributed by atoms with Crippen LogP contribution in [0.15, 0.2) is 12.5 Å². The fourth-order valence-corrected chi connectivity index (χ4v) is 1.23. The zero-order chi connectivity index (χ0) is 10.4. The van der Waals surface area contributed by atoms with Gasteiger partial charge in [0.2, 0.25) is 0 Å². The second-order valence-corrected chi connectivity index (χ2v) is 3.14. The van der Waals surface area contributed by atoms with Crippen molar-refractivity contribution in [1.29, 1.82) is 0 Å². The molecule has 0 aromatic carbocycles. The molecule has 0 atom stereocenters. The Labute approximate surface area is 83.3 Å². The van der Waals surface area contributed by atoms with Crippen molar-refractivity contribution in [1.82, 2.24) is 14.9 Å². The number of carbonyl (C=O) groups is 1. The number of carbonyl (C=O) groups excluding carboxylic acids is 1. The molecule has 0 unspecified atom stereocenters. The SMILES string of the molecule is CCCn1cnc(CCNC(N)=O)c1. The Balaban J connectivity index is 2.32. The first-order valence-electron chi connectivity index (χ1n) is 4.76. The minimum Gasteiger partial charge on any atom is -0.352 e. The molecule has 1 heterocycles. The molecule has 0 aliphatic rings. The molecule has 0 saturated heterocycles. The maximum absolute atomic E-state index is 10.4. The van der Waals surface area contributed by atoms with Gasteiger partial charge in [0.1, 0.15) is 0 Å². The Morgan fingerprint density at radius 2 is 2.50 bits per heavy atom. The quantitative estimate of drug-likeness (QED) is 0.720. The van der Waals surface area contributed by atoms with Gasteiger partial charge in [-0.25, -0.2) is 9.78 Å². The van der Waals surface area contributed by atoms with E-state index < -0.39 is 6.03 Å². The van der Waals surface area contributed by atoms with Gasteiger partial charge in [-0.1, -0.05) is 6.92 Å². The fourth-order valence-electron chi connectivity index (χ4n) is 1.23. The summed E-state index contributed by atoms with van der Waals surface area (Å²) in [6, 6.07) is -0.488. The van der Waals surface area contributed by atoms with Gasteiger partial charge in [0, 0.05) is 25.7 Å². The lowest BCUT2D eigenvalue weighted by molar-refractivity contribution is 0.249. The highest BCUT2D eigenvalue weighted by Crippen LogP contribution is 1.97. The predicted molar refractivity (Wildman–Crippen MR) is 53.8 cm³/mol. The van der Waals surface area contributed by atoms with Crippen LogP contribution >= 0.6 is 0 Å². The van der Waals surface area contributed by atoms with Crippen molar-refractivity contribution >= 4 is 6.03 Å². The van der Waals surface area contributed by atoms with Crippen LogP contribution in [0.25, 0.3) is 0 Å². The Bertz CT molecular complexity index is 295. The summed E-state index contributed by atoms with van der Waals surface area (Å²) < 4.78 is 2.04. The van der Waals surface area contributed by atoms with Crippen molar-refractivity contribution in [2.75, 3.05) is 6.54 Å². The molecule has 0 saturated carbocycles. The maximum Gasteiger partial charge on any atom is 0.312 e. The molecule has 0 fully saturated rings. The molecule has 0 bridgehead atoms. The number of nitrogens with one attached hydrogen (secondary N) is 1. The van der Waals surface area contributed by atoms with Crippen LogP contribution in [0, 0.1) is 0 Å². The van der Waals surface area contributed by atoms with Gasteiger partial charge in [0.15, 0.2) is 0 Å². The van der Waals surface area contributed by atoms with E-state index in [1.54, 1.807) is 0 Å². The number of amides is 2. The van der Waals surface area contributed by atoms with Crippen molar-refractivity contribution in [2.45, 2.75) is 26.3 Å². The molecule has 1 aromatic rings. The van der Waals surface area contributed by atoms with Gasteiger partial charge in [-0.15, -0.1) is 0 Å². The van der Waals surface area contributed by atoms with Gasteiger partial charge < -0.3 is 15.6 Å². The molecule has 78 valence electrons. The average Bonchev–Trinajstić information content (AvgIpc) is 2.53. The molecule has 1 aromatic heterocycles. The van der Waals surface area contributed by atoms with Crippen molar-refractivity contribution in [3.63, 3.8) is 0 Å². The van der Waals surface area contributed by atoms with Gasteiger partial charge in [-0.2, -0.15) is 0 Å². The molecule has 0 radical (unpaired) electrons. The molecule has 0 aliphatic heterocycles. The van der Waals surface area contributed by atoms with Gasteiger partial charge in [-0.3, -0.25) is 0 Å². The van der Waals surface area contributed by atoms with E-state index in [-0.39, 0.29) is 0 Å². The smallest absolute Gasteiger partial charge is 0.312 e. The van der Waals surface area contributed by atoms with Crippen molar-refractivity contribution in [3.8, 4) is 0 Å². The maximum atomic E-state index is 10.4. The van der Waals surface area contributed by atoms with Crippen LogP contribution < -0.4 is 11.1 Å². The highest BCUT2D eigenvalue weighted by Gasteiger charge is 1.98. The molecule has 0 aliphatic carbocycles. The predicted octanol–water partition coefficient (Wildman–Crippen LogP) is 0.504. The number of aryl methyl sites for hydroxylation is 1. The van der Waals surface area contributed by atoms with E-state index in [1.807, 2.05) is 17.1 Å². The highest BCUT2D eigenvalue weighted by atomic mass is 16.2. The molecular formula is C9H16N4O. The number of primary amides is 1. The number of nitrogens with zero attached hydrogens (tertiary/aromatic N) is 2. The molecule has 14 heavy (non-hydrogen) atoms. The van der Waals surface area contributed by atoms with E-state index in [2.05, 4.69) is 17.2 Å². The summed E-state index contributed by atoms with van der Waals surface area (Å²) in [4.78, 5) is 14.6. The fraction of sp³-hybridized carbons (Fsp3) is 0.556. The lowest BCUT2D eigenvalue weighted by Crippen LogP contribution is -2.30. The van der Waals surface area contributed by atoms with E-state index in [0.717, 1.165) is 25.1 Å². The van der Waals surface area contributed by atoms with E-state index in [0.29, 0.717) is 6.54 Å². The minimum absolute atomic E-state index is 0.488. The third kappa shape index (κ3) is 3.47. The Morgan fingerprint density at radius 1 is 1.71 bits per heavy atom. The van der Waals surface area contributed by atoms with Crippen LogP contribution in [-0.4, -0.2) is 22.1 Å². The van der Waals surface area contributed by atoms with Crippen molar-refractivity contribution in [3.05, 3.63) is 18.2 Å². The van der Waals surface area contributed by atoms with E-state index >= 15 is 0 Å². The first kappa shape index (κ1) is 10.6.